The van der Waals surface area contributed by atoms with Gasteiger partial charge in [0.2, 0.25) is 0 Å². The Morgan fingerprint density at radius 1 is 1.48 bits per heavy atom. The summed E-state index contributed by atoms with van der Waals surface area (Å²) in [6.07, 6.45) is 2.42. The van der Waals surface area contributed by atoms with Gasteiger partial charge in [-0.15, -0.1) is 0 Å². The van der Waals surface area contributed by atoms with Gasteiger partial charge in [0.05, 0.1) is 16.2 Å². The summed E-state index contributed by atoms with van der Waals surface area (Å²) in [4.78, 5) is 22.3. The summed E-state index contributed by atoms with van der Waals surface area (Å²) in [6, 6.07) is 5.95. The van der Waals surface area contributed by atoms with Gasteiger partial charge in [0, 0.05) is 42.8 Å². The quantitative estimate of drug-likeness (QED) is 0.658. The first-order chi connectivity index (χ1) is 9.97. The third-order valence-corrected chi connectivity index (χ3v) is 3.53. The van der Waals surface area contributed by atoms with Crippen molar-refractivity contribution in [3.05, 3.63) is 56.3 Å². The summed E-state index contributed by atoms with van der Waals surface area (Å²) >= 11 is 3.22. The molecule has 0 aliphatic rings. The van der Waals surface area contributed by atoms with Gasteiger partial charge in [0.1, 0.15) is 0 Å². The standard InChI is InChI=1S/C13H13BrN4O3/c1-17-7-5-9(16-17)4-6-15-13(19)11-8-10(18(20)21)2-3-12(11)14/h2-3,5,7-8H,4,6H2,1H3,(H,15,19). The van der Waals surface area contributed by atoms with Crippen molar-refractivity contribution in [2.75, 3.05) is 6.54 Å². The lowest BCUT2D eigenvalue weighted by Crippen LogP contribution is -2.26. The third kappa shape index (κ3) is 3.88. The van der Waals surface area contributed by atoms with Crippen LogP contribution in [0.3, 0.4) is 0 Å². The predicted molar refractivity (Wildman–Crippen MR) is 80.0 cm³/mol. The molecular formula is C13H13BrN4O3. The molecule has 0 radical (unpaired) electrons. The first-order valence-corrected chi connectivity index (χ1v) is 6.97. The van der Waals surface area contributed by atoms with Crippen LogP contribution in [-0.2, 0) is 13.5 Å². The highest BCUT2D eigenvalue weighted by molar-refractivity contribution is 9.10. The van der Waals surface area contributed by atoms with E-state index >= 15 is 0 Å². The van der Waals surface area contributed by atoms with Crippen LogP contribution in [0.25, 0.3) is 0 Å². The molecule has 0 aliphatic heterocycles. The fraction of sp³-hybridized carbons (Fsp3) is 0.231. The van der Waals surface area contributed by atoms with Crippen LogP contribution < -0.4 is 5.32 Å². The molecule has 110 valence electrons. The van der Waals surface area contributed by atoms with Crippen LogP contribution in [0.15, 0.2) is 34.9 Å². The minimum Gasteiger partial charge on any atom is -0.352 e. The zero-order valence-corrected chi connectivity index (χ0v) is 12.8. The third-order valence-electron chi connectivity index (χ3n) is 2.84. The number of carbonyl (C=O) groups excluding carboxylic acids is 1. The lowest BCUT2D eigenvalue weighted by atomic mass is 10.2. The lowest BCUT2D eigenvalue weighted by molar-refractivity contribution is -0.384. The minimum atomic E-state index is -0.531. The Labute approximate surface area is 129 Å². The van der Waals surface area contributed by atoms with Gasteiger partial charge in [-0.25, -0.2) is 0 Å². The summed E-state index contributed by atoms with van der Waals surface area (Å²) in [5.74, 6) is -0.360. The molecule has 1 amide bonds. The molecule has 1 heterocycles. The number of nitro groups is 1. The summed E-state index contributed by atoms with van der Waals surface area (Å²) in [5.41, 5.74) is 0.995. The normalized spacial score (nSPS) is 10.4. The Bertz CT molecular complexity index is 684. The van der Waals surface area contributed by atoms with Gasteiger partial charge in [-0.3, -0.25) is 19.6 Å². The second kappa shape index (κ2) is 6.49. The average molecular weight is 353 g/mol. The molecule has 1 N–H and O–H groups in total. The largest absolute Gasteiger partial charge is 0.352 e. The average Bonchev–Trinajstić information content (AvgIpc) is 2.84. The number of non-ortho nitro benzene ring substituents is 1. The van der Waals surface area contributed by atoms with Crippen molar-refractivity contribution in [2.45, 2.75) is 6.42 Å². The Morgan fingerprint density at radius 2 is 2.24 bits per heavy atom. The van der Waals surface area contributed by atoms with Crippen molar-refractivity contribution >= 4 is 27.5 Å². The van der Waals surface area contributed by atoms with E-state index in [4.69, 9.17) is 0 Å². The summed E-state index contributed by atoms with van der Waals surface area (Å²) in [5, 5.41) is 17.7. The van der Waals surface area contributed by atoms with E-state index in [0.29, 0.717) is 17.4 Å². The summed E-state index contributed by atoms with van der Waals surface area (Å²) < 4.78 is 2.21. The smallest absolute Gasteiger partial charge is 0.270 e. The highest BCUT2D eigenvalue weighted by Crippen LogP contribution is 2.22. The van der Waals surface area contributed by atoms with E-state index in [1.807, 2.05) is 19.3 Å². The minimum absolute atomic E-state index is 0.118. The van der Waals surface area contributed by atoms with Crippen LogP contribution in [0.4, 0.5) is 5.69 Å². The van der Waals surface area contributed by atoms with Crippen LogP contribution in [0, 0.1) is 10.1 Å². The molecule has 2 rings (SSSR count). The number of benzene rings is 1. The Morgan fingerprint density at radius 3 is 2.86 bits per heavy atom. The van der Waals surface area contributed by atoms with E-state index in [0.717, 1.165) is 5.69 Å². The molecule has 0 aliphatic carbocycles. The maximum atomic E-state index is 12.0. The molecule has 7 nitrogen and oxygen atoms in total. The molecule has 8 heteroatoms. The summed E-state index contributed by atoms with van der Waals surface area (Å²) in [7, 11) is 1.82. The Kier molecular flexibility index (Phi) is 4.69. The van der Waals surface area contributed by atoms with Crippen molar-refractivity contribution in [1.82, 2.24) is 15.1 Å². The molecule has 0 bridgehead atoms. The van der Waals surface area contributed by atoms with Crippen molar-refractivity contribution < 1.29 is 9.72 Å². The molecule has 1 aromatic heterocycles. The number of nitrogens with zero attached hydrogens (tertiary/aromatic N) is 3. The van der Waals surface area contributed by atoms with Crippen LogP contribution in [0.1, 0.15) is 16.1 Å². The number of aromatic nitrogens is 2. The van der Waals surface area contributed by atoms with E-state index in [2.05, 4.69) is 26.3 Å². The number of nitrogens with one attached hydrogen (secondary N) is 1. The predicted octanol–water partition coefficient (Wildman–Crippen LogP) is 2.06. The van der Waals surface area contributed by atoms with E-state index in [1.54, 1.807) is 4.68 Å². The molecule has 0 saturated heterocycles. The number of hydrogen-bond donors (Lipinski definition) is 1. The second-order valence-electron chi connectivity index (χ2n) is 4.41. The van der Waals surface area contributed by atoms with Crippen molar-refractivity contribution in [3.8, 4) is 0 Å². The van der Waals surface area contributed by atoms with Crippen molar-refractivity contribution in [2.24, 2.45) is 7.05 Å². The van der Waals surface area contributed by atoms with Crippen LogP contribution in [-0.4, -0.2) is 27.2 Å². The molecule has 21 heavy (non-hydrogen) atoms. The molecule has 0 fully saturated rings. The van der Waals surface area contributed by atoms with E-state index in [9.17, 15) is 14.9 Å². The number of aryl methyl sites for hydroxylation is 1. The topological polar surface area (TPSA) is 90.1 Å². The van der Waals surface area contributed by atoms with Gasteiger partial charge < -0.3 is 5.32 Å². The van der Waals surface area contributed by atoms with Gasteiger partial charge in [0.15, 0.2) is 0 Å². The number of nitro benzene ring substituents is 1. The van der Waals surface area contributed by atoms with E-state index < -0.39 is 4.92 Å². The van der Waals surface area contributed by atoms with Gasteiger partial charge in [-0.1, -0.05) is 0 Å². The van der Waals surface area contributed by atoms with Gasteiger partial charge in [0.25, 0.3) is 11.6 Å². The monoisotopic (exact) mass is 352 g/mol. The van der Waals surface area contributed by atoms with E-state index in [1.165, 1.54) is 18.2 Å². The Balaban J connectivity index is 1.99. The molecule has 0 atom stereocenters. The lowest BCUT2D eigenvalue weighted by Gasteiger charge is -2.06. The van der Waals surface area contributed by atoms with E-state index in [-0.39, 0.29) is 17.2 Å². The number of hydrogen-bond acceptors (Lipinski definition) is 4. The van der Waals surface area contributed by atoms with Gasteiger partial charge in [-0.05, 0) is 28.1 Å². The maximum Gasteiger partial charge on any atom is 0.270 e. The number of halogens is 1. The van der Waals surface area contributed by atoms with Crippen LogP contribution in [0.5, 0.6) is 0 Å². The second-order valence-corrected chi connectivity index (χ2v) is 5.26. The molecule has 0 spiro atoms. The van der Waals surface area contributed by atoms with Gasteiger partial charge >= 0.3 is 0 Å². The Hall–Kier alpha value is -2.22. The number of rotatable bonds is 5. The fourth-order valence-electron chi connectivity index (χ4n) is 1.80. The first kappa shape index (κ1) is 15.2. The van der Waals surface area contributed by atoms with Crippen molar-refractivity contribution in [3.63, 3.8) is 0 Å². The highest BCUT2D eigenvalue weighted by Gasteiger charge is 2.15. The maximum absolute atomic E-state index is 12.0. The number of carbonyl (C=O) groups is 1. The molecule has 1 aromatic carbocycles. The SMILES string of the molecule is Cn1ccc(CCNC(=O)c2cc([N+](=O)[O-])ccc2Br)n1. The van der Waals surface area contributed by atoms with Gasteiger partial charge in [-0.2, -0.15) is 5.10 Å². The van der Waals surface area contributed by atoms with Crippen LogP contribution in [0.2, 0.25) is 0 Å². The molecule has 0 unspecified atom stereocenters. The summed E-state index contributed by atoms with van der Waals surface area (Å²) in [6.45, 7) is 0.408. The molecule has 0 saturated carbocycles. The zero-order chi connectivity index (χ0) is 15.4. The molecule has 2 aromatic rings. The fourth-order valence-corrected chi connectivity index (χ4v) is 2.22. The van der Waals surface area contributed by atoms with Crippen molar-refractivity contribution in [1.29, 1.82) is 0 Å². The van der Waals surface area contributed by atoms with Crippen LogP contribution >= 0.6 is 15.9 Å². The highest BCUT2D eigenvalue weighted by atomic mass is 79.9. The zero-order valence-electron chi connectivity index (χ0n) is 11.2. The number of amides is 1. The molecular weight excluding hydrogens is 340 g/mol. The first-order valence-electron chi connectivity index (χ1n) is 6.18.